The van der Waals surface area contributed by atoms with Gasteiger partial charge >= 0.3 is 0 Å². The second-order valence-electron chi connectivity index (χ2n) is 6.41. The molecule has 21 heavy (non-hydrogen) atoms. The van der Waals surface area contributed by atoms with E-state index in [9.17, 15) is 4.79 Å². The van der Waals surface area contributed by atoms with Gasteiger partial charge in [-0.3, -0.25) is 9.10 Å². The van der Waals surface area contributed by atoms with Crippen LogP contribution in [0.3, 0.4) is 0 Å². The number of carbonyl (C=O) groups is 1. The van der Waals surface area contributed by atoms with Gasteiger partial charge < -0.3 is 10.2 Å². The summed E-state index contributed by atoms with van der Waals surface area (Å²) < 4.78 is 2.01. The summed E-state index contributed by atoms with van der Waals surface area (Å²) in [5.74, 6) is 0.0192. The van der Waals surface area contributed by atoms with Gasteiger partial charge in [-0.15, -0.1) is 0 Å². The predicted molar refractivity (Wildman–Crippen MR) is 89.5 cm³/mol. The summed E-state index contributed by atoms with van der Waals surface area (Å²) in [5.41, 5.74) is 1.76. The van der Waals surface area contributed by atoms with Crippen molar-refractivity contribution >= 4 is 18.7 Å². The predicted octanol–water partition coefficient (Wildman–Crippen LogP) is 2.18. The minimum Gasteiger partial charge on any atom is -0.347 e. The molecule has 0 aromatic heterocycles. The fourth-order valence-electron chi connectivity index (χ4n) is 2.64. The first kappa shape index (κ1) is 16.3. The van der Waals surface area contributed by atoms with Crippen LogP contribution in [0.4, 0.5) is 0 Å². The Kier molecular flexibility index (Phi) is 5.30. The lowest BCUT2D eigenvalue weighted by molar-refractivity contribution is 0.0874. The molecule has 4 nitrogen and oxygen atoms in total. The zero-order valence-electron chi connectivity index (χ0n) is 13.1. The van der Waals surface area contributed by atoms with Crippen LogP contribution in [0.2, 0.25) is 0 Å². The van der Waals surface area contributed by atoms with Crippen molar-refractivity contribution in [1.82, 2.24) is 14.5 Å². The second kappa shape index (κ2) is 6.81. The Hall–Kier alpha value is -1.04. The maximum atomic E-state index is 12.5. The summed E-state index contributed by atoms with van der Waals surface area (Å²) >= 11 is 4.36. The van der Waals surface area contributed by atoms with Gasteiger partial charge in [0.15, 0.2) is 0 Å². The molecule has 1 aromatic carbocycles. The average molecular weight is 307 g/mol. The SMILES string of the molecule is CN(C)Cc1cccc(C(=O)NC2(C)CCN(S)CC2)c1. The quantitative estimate of drug-likeness (QED) is 0.837. The van der Waals surface area contributed by atoms with Gasteiger partial charge in [0.1, 0.15) is 0 Å². The van der Waals surface area contributed by atoms with Crippen LogP contribution in [0.1, 0.15) is 35.7 Å². The third kappa shape index (κ3) is 4.73. The number of nitrogens with one attached hydrogen (secondary N) is 1. The van der Waals surface area contributed by atoms with Gasteiger partial charge in [0, 0.05) is 30.7 Å². The molecule has 0 saturated carbocycles. The van der Waals surface area contributed by atoms with Crippen molar-refractivity contribution in [3.8, 4) is 0 Å². The normalized spacial score (nSPS) is 18.7. The molecule has 1 aliphatic heterocycles. The van der Waals surface area contributed by atoms with Crippen LogP contribution in [0, 0.1) is 0 Å². The molecule has 1 fully saturated rings. The number of benzene rings is 1. The monoisotopic (exact) mass is 307 g/mol. The van der Waals surface area contributed by atoms with Crippen LogP contribution < -0.4 is 5.32 Å². The first-order valence-electron chi connectivity index (χ1n) is 7.38. The molecule has 2 rings (SSSR count). The van der Waals surface area contributed by atoms with Crippen molar-refractivity contribution in [3.63, 3.8) is 0 Å². The molecule has 0 unspecified atom stereocenters. The zero-order chi connectivity index (χ0) is 15.5. The summed E-state index contributed by atoms with van der Waals surface area (Å²) in [5, 5.41) is 3.20. The number of amides is 1. The van der Waals surface area contributed by atoms with Crippen molar-refractivity contribution < 1.29 is 4.79 Å². The van der Waals surface area contributed by atoms with Gasteiger partial charge in [-0.1, -0.05) is 24.9 Å². The molecule has 1 amide bonds. The molecule has 0 radical (unpaired) electrons. The van der Waals surface area contributed by atoms with E-state index in [0.717, 1.165) is 43.6 Å². The molecule has 5 heteroatoms. The Morgan fingerprint density at radius 1 is 1.38 bits per heavy atom. The van der Waals surface area contributed by atoms with Gasteiger partial charge in [-0.05, 0) is 51.6 Å². The third-order valence-corrected chi connectivity index (χ3v) is 4.35. The standard InChI is InChI=1S/C16H25N3OS/c1-16(7-9-19(21)10-8-16)17-15(20)14-6-4-5-13(11-14)12-18(2)3/h4-6,11,21H,7-10,12H2,1-3H3,(H,17,20). The van der Waals surface area contributed by atoms with Crippen molar-refractivity contribution in [2.24, 2.45) is 0 Å². The van der Waals surface area contributed by atoms with E-state index < -0.39 is 0 Å². The molecule has 0 bridgehead atoms. The maximum Gasteiger partial charge on any atom is 0.251 e. The van der Waals surface area contributed by atoms with Crippen molar-refractivity contribution in [2.45, 2.75) is 31.8 Å². The summed E-state index contributed by atoms with van der Waals surface area (Å²) in [6.07, 6.45) is 1.86. The molecule has 0 spiro atoms. The summed E-state index contributed by atoms with van der Waals surface area (Å²) in [7, 11) is 4.05. The molecular weight excluding hydrogens is 282 g/mol. The van der Waals surface area contributed by atoms with Crippen molar-refractivity contribution in [3.05, 3.63) is 35.4 Å². The van der Waals surface area contributed by atoms with E-state index >= 15 is 0 Å². The van der Waals surface area contributed by atoms with Crippen LogP contribution in [-0.4, -0.2) is 47.8 Å². The maximum absolute atomic E-state index is 12.5. The summed E-state index contributed by atoms with van der Waals surface area (Å²) in [6.45, 7) is 4.77. The highest BCUT2D eigenvalue weighted by Crippen LogP contribution is 2.23. The molecule has 0 atom stereocenters. The smallest absolute Gasteiger partial charge is 0.251 e. The Morgan fingerprint density at radius 2 is 2.05 bits per heavy atom. The van der Waals surface area contributed by atoms with E-state index in [1.54, 1.807) is 0 Å². The zero-order valence-corrected chi connectivity index (χ0v) is 14.0. The molecule has 1 N–H and O–H groups in total. The minimum atomic E-state index is -0.131. The largest absolute Gasteiger partial charge is 0.347 e. The third-order valence-electron chi connectivity index (χ3n) is 3.95. The van der Waals surface area contributed by atoms with Gasteiger partial charge in [-0.25, -0.2) is 0 Å². The van der Waals surface area contributed by atoms with Gasteiger partial charge in [-0.2, -0.15) is 0 Å². The van der Waals surface area contributed by atoms with E-state index in [0.29, 0.717) is 0 Å². The van der Waals surface area contributed by atoms with E-state index in [1.165, 1.54) is 0 Å². The summed E-state index contributed by atoms with van der Waals surface area (Å²) in [4.78, 5) is 14.6. The molecule has 116 valence electrons. The molecule has 0 aliphatic carbocycles. The van der Waals surface area contributed by atoms with Crippen LogP contribution in [-0.2, 0) is 6.54 Å². The average Bonchev–Trinajstić information content (AvgIpc) is 2.42. The second-order valence-corrected chi connectivity index (χ2v) is 6.97. The van der Waals surface area contributed by atoms with Gasteiger partial charge in [0.2, 0.25) is 0 Å². The van der Waals surface area contributed by atoms with Gasteiger partial charge in [0.05, 0.1) is 0 Å². The number of rotatable bonds is 4. The minimum absolute atomic E-state index is 0.0192. The van der Waals surface area contributed by atoms with E-state index in [1.807, 2.05) is 36.6 Å². The Labute approximate surface area is 133 Å². The lowest BCUT2D eigenvalue weighted by Crippen LogP contribution is -2.51. The van der Waals surface area contributed by atoms with Crippen LogP contribution in [0.15, 0.2) is 24.3 Å². The van der Waals surface area contributed by atoms with Crippen LogP contribution in [0.5, 0.6) is 0 Å². The number of hydrogen-bond donors (Lipinski definition) is 2. The van der Waals surface area contributed by atoms with Crippen molar-refractivity contribution in [1.29, 1.82) is 0 Å². The fraction of sp³-hybridized carbons (Fsp3) is 0.562. The van der Waals surface area contributed by atoms with Crippen molar-refractivity contribution in [2.75, 3.05) is 27.2 Å². The number of piperidine rings is 1. The Balaban J connectivity index is 2.03. The first-order chi connectivity index (χ1) is 9.88. The first-order valence-corrected chi connectivity index (χ1v) is 7.78. The van der Waals surface area contributed by atoms with E-state index in [4.69, 9.17) is 0 Å². The topological polar surface area (TPSA) is 35.6 Å². The lowest BCUT2D eigenvalue weighted by atomic mass is 9.90. The molecule has 1 heterocycles. The van der Waals surface area contributed by atoms with E-state index in [2.05, 4.69) is 36.0 Å². The van der Waals surface area contributed by atoms with Crippen LogP contribution >= 0.6 is 12.8 Å². The highest BCUT2D eigenvalue weighted by atomic mass is 32.1. The fourth-order valence-corrected chi connectivity index (χ4v) is 2.84. The molecule has 1 aromatic rings. The van der Waals surface area contributed by atoms with Gasteiger partial charge in [0.25, 0.3) is 5.91 Å². The highest BCUT2D eigenvalue weighted by Gasteiger charge is 2.30. The Bertz CT molecular complexity index is 496. The Morgan fingerprint density at radius 3 is 2.67 bits per heavy atom. The molecular formula is C16H25N3OS. The number of thiol groups is 1. The summed E-state index contributed by atoms with van der Waals surface area (Å²) in [6, 6.07) is 7.86. The number of nitrogens with zero attached hydrogens (tertiary/aromatic N) is 2. The molecule has 1 aliphatic rings. The highest BCUT2D eigenvalue weighted by molar-refractivity contribution is 7.77. The lowest BCUT2D eigenvalue weighted by Gasteiger charge is -2.38. The van der Waals surface area contributed by atoms with Crippen LogP contribution in [0.25, 0.3) is 0 Å². The molecule has 1 saturated heterocycles. The number of carbonyl (C=O) groups excluding carboxylic acids is 1. The number of hydrogen-bond acceptors (Lipinski definition) is 4. The van der Waals surface area contributed by atoms with E-state index in [-0.39, 0.29) is 11.4 Å².